The molecule has 0 radical (unpaired) electrons. The van der Waals surface area contributed by atoms with Crippen LogP contribution in [0.2, 0.25) is 0 Å². The van der Waals surface area contributed by atoms with Crippen molar-refractivity contribution in [3.63, 3.8) is 0 Å². The van der Waals surface area contributed by atoms with Gasteiger partial charge < -0.3 is 9.63 Å². The van der Waals surface area contributed by atoms with Gasteiger partial charge >= 0.3 is 5.97 Å². The lowest BCUT2D eigenvalue weighted by Gasteiger charge is -2.32. The summed E-state index contributed by atoms with van der Waals surface area (Å²) in [6, 6.07) is 1.82. The Morgan fingerprint density at radius 2 is 2.08 bits per heavy atom. The molecule has 0 bridgehead atoms. The molecule has 1 N–H and O–H groups in total. The van der Waals surface area contributed by atoms with Crippen LogP contribution in [0.25, 0.3) is 0 Å². The van der Waals surface area contributed by atoms with Gasteiger partial charge in [-0.2, -0.15) is 5.10 Å². The Kier molecular flexibility index (Phi) is 4.45. The molecule has 7 heteroatoms. The molecule has 0 unspecified atom stereocenters. The molecule has 1 fully saturated rings. The quantitative estimate of drug-likeness (QED) is 0.926. The lowest BCUT2D eigenvalue weighted by atomic mass is 9.89. The van der Waals surface area contributed by atoms with Gasteiger partial charge in [-0.1, -0.05) is 25.9 Å². The number of rotatable bonds is 4. The Morgan fingerprint density at radius 3 is 2.67 bits per heavy atom. The second-order valence-electron chi connectivity index (χ2n) is 7.43. The van der Waals surface area contributed by atoms with E-state index in [1.54, 1.807) is 23.2 Å². The van der Waals surface area contributed by atoms with Crippen LogP contribution >= 0.6 is 0 Å². The van der Waals surface area contributed by atoms with Crippen LogP contribution in [0, 0.1) is 0 Å². The third-order valence-electron chi connectivity index (χ3n) is 4.51. The lowest BCUT2D eigenvalue weighted by molar-refractivity contribution is 0.0688. The first kappa shape index (κ1) is 16.7. The average molecular weight is 332 g/mol. The summed E-state index contributed by atoms with van der Waals surface area (Å²) < 4.78 is 6.98. The maximum absolute atomic E-state index is 10.9. The van der Waals surface area contributed by atoms with E-state index < -0.39 is 5.97 Å². The van der Waals surface area contributed by atoms with Gasteiger partial charge in [0.1, 0.15) is 6.26 Å². The van der Waals surface area contributed by atoms with Gasteiger partial charge in [0.25, 0.3) is 0 Å². The fourth-order valence-corrected chi connectivity index (χ4v) is 3.23. The molecule has 0 saturated carbocycles. The van der Waals surface area contributed by atoms with Gasteiger partial charge in [-0.05, 0) is 18.9 Å². The number of aromatic carboxylic acids is 1. The first-order valence-electron chi connectivity index (χ1n) is 8.29. The summed E-state index contributed by atoms with van der Waals surface area (Å²) in [5, 5.41) is 17.3. The number of likely N-dealkylation sites (tertiary alicyclic amines) is 1. The highest BCUT2D eigenvalue weighted by Crippen LogP contribution is 2.28. The van der Waals surface area contributed by atoms with Gasteiger partial charge in [-0.3, -0.25) is 9.58 Å². The molecular weight excluding hydrogens is 308 g/mol. The zero-order valence-corrected chi connectivity index (χ0v) is 14.4. The molecule has 0 atom stereocenters. The van der Waals surface area contributed by atoms with Gasteiger partial charge in [-0.25, -0.2) is 4.79 Å². The van der Waals surface area contributed by atoms with Crippen molar-refractivity contribution in [3.8, 4) is 0 Å². The Morgan fingerprint density at radius 1 is 1.38 bits per heavy atom. The second-order valence-corrected chi connectivity index (χ2v) is 7.43. The van der Waals surface area contributed by atoms with Crippen LogP contribution in [0.15, 0.2) is 23.0 Å². The number of hydrogen-bond acceptors (Lipinski definition) is 5. The highest BCUT2D eigenvalue weighted by molar-refractivity contribution is 5.85. The predicted octanol–water partition coefficient (Wildman–Crippen LogP) is 2.70. The summed E-state index contributed by atoms with van der Waals surface area (Å²) in [6.45, 7) is 9.14. The highest BCUT2D eigenvalue weighted by atomic mass is 16.5. The molecular formula is C17H24N4O3. The van der Waals surface area contributed by atoms with E-state index in [1.165, 1.54) is 0 Å². The van der Waals surface area contributed by atoms with Gasteiger partial charge in [0.05, 0.1) is 11.7 Å². The van der Waals surface area contributed by atoms with Crippen LogP contribution in [0.3, 0.4) is 0 Å². The van der Waals surface area contributed by atoms with E-state index in [1.807, 2.05) is 0 Å². The molecule has 1 saturated heterocycles. The zero-order valence-electron chi connectivity index (χ0n) is 14.4. The topological polar surface area (TPSA) is 84.4 Å². The Labute approximate surface area is 141 Å². The number of aromatic nitrogens is 3. The largest absolute Gasteiger partial charge is 0.476 e. The van der Waals surface area contributed by atoms with Crippen LogP contribution in [-0.4, -0.2) is 44.0 Å². The van der Waals surface area contributed by atoms with Crippen molar-refractivity contribution in [2.75, 3.05) is 13.1 Å². The van der Waals surface area contributed by atoms with E-state index in [4.69, 9.17) is 9.63 Å². The molecule has 24 heavy (non-hydrogen) atoms. The summed E-state index contributed by atoms with van der Waals surface area (Å²) in [5.74, 6) is -0.978. The van der Waals surface area contributed by atoms with Gasteiger partial charge in [0.2, 0.25) is 0 Å². The summed E-state index contributed by atoms with van der Waals surface area (Å²) in [4.78, 5) is 13.3. The fraction of sp³-hybridized carbons (Fsp3) is 0.588. The molecule has 2 aromatic heterocycles. The van der Waals surface area contributed by atoms with Crippen molar-refractivity contribution in [1.82, 2.24) is 19.8 Å². The molecule has 1 aliphatic rings. The zero-order chi connectivity index (χ0) is 17.3. The van der Waals surface area contributed by atoms with Crippen LogP contribution < -0.4 is 0 Å². The van der Waals surface area contributed by atoms with Crippen LogP contribution in [0.4, 0.5) is 0 Å². The monoisotopic (exact) mass is 332 g/mol. The third kappa shape index (κ3) is 3.51. The Hall–Kier alpha value is -2.15. The first-order chi connectivity index (χ1) is 11.3. The van der Waals surface area contributed by atoms with E-state index in [-0.39, 0.29) is 17.2 Å². The van der Waals surface area contributed by atoms with Gasteiger partial charge in [0.15, 0.2) is 5.69 Å². The van der Waals surface area contributed by atoms with Crippen molar-refractivity contribution in [3.05, 3.63) is 35.5 Å². The van der Waals surface area contributed by atoms with Gasteiger partial charge in [0, 0.05) is 36.8 Å². The van der Waals surface area contributed by atoms with Crippen molar-refractivity contribution in [1.29, 1.82) is 0 Å². The van der Waals surface area contributed by atoms with E-state index in [9.17, 15) is 4.79 Å². The highest BCUT2D eigenvalue weighted by Gasteiger charge is 2.26. The van der Waals surface area contributed by atoms with Crippen molar-refractivity contribution < 1.29 is 14.4 Å². The number of carbonyl (C=O) groups is 1. The van der Waals surface area contributed by atoms with Crippen LogP contribution in [0.5, 0.6) is 0 Å². The smallest absolute Gasteiger partial charge is 0.356 e. The molecule has 130 valence electrons. The summed E-state index contributed by atoms with van der Waals surface area (Å²) in [5.41, 5.74) is 2.25. The number of piperidine rings is 1. The van der Waals surface area contributed by atoms with Crippen molar-refractivity contribution >= 4 is 5.97 Å². The minimum absolute atomic E-state index is 0.0249. The Bertz CT molecular complexity index is 705. The normalized spacial score (nSPS) is 17.3. The molecule has 0 amide bonds. The molecule has 3 rings (SSSR count). The maximum Gasteiger partial charge on any atom is 0.356 e. The first-order valence-corrected chi connectivity index (χ1v) is 8.29. The molecule has 0 aliphatic carbocycles. The number of hydrogen-bond donors (Lipinski definition) is 1. The molecule has 0 spiro atoms. The second kappa shape index (κ2) is 6.39. The van der Waals surface area contributed by atoms with Crippen LogP contribution in [0.1, 0.15) is 61.4 Å². The SMILES string of the molecule is CC(C)(C)c1nocc1CN1CCC(n2ccc(C(=O)O)n2)CC1. The number of carboxylic acids is 1. The molecule has 7 nitrogen and oxygen atoms in total. The summed E-state index contributed by atoms with van der Waals surface area (Å²) >= 11 is 0. The van der Waals surface area contributed by atoms with Crippen molar-refractivity contribution in [2.24, 2.45) is 0 Å². The molecule has 1 aliphatic heterocycles. The van der Waals surface area contributed by atoms with E-state index >= 15 is 0 Å². The average Bonchev–Trinajstić information content (AvgIpc) is 3.16. The lowest BCUT2D eigenvalue weighted by Crippen LogP contribution is -2.35. The van der Waals surface area contributed by atoms with E-state index in [2.05, 4.69) is 35.9 Å². The van der Waals surface area contributed by atoms with E-state index in [0.29, 0.717) is 0 Å². The minimum atomic E-state index is -0.978. The fourth-order valence-electron chi connectivity index (χ4n) is 3.23. The maximum atomic E-state index is 10.9. The molecule has 3 heterocycles. The standard InChI is InChI=1S/C17H24N4O3/c1-17(2,3)15-12(11-24-19-15)10-20-7-4-13(5-8-20)21-9-6-14(18-21)16(22)23/h6,9,11,13H,4-5,7-8,10H2,1-3H3,(H,22,23). The molecule has 2 aromatic rings. The summed E-state index contributed by atoms with van der Waals surface area (Å²) in [6.07, 6.45) is 5.43. The number of carboxylic acid groups (broad SMARTS) is 1. The predicted molar refractivity (Wildman–Crippen MR) is 87.9 cm³/mol. The van der Waals surface area contributed by atoms with Crippen molar-refractivity contribution in [2.45, 2.75) is 51.6 Å². The van der Waals surface area contributed by atoms with E-state index in [0.717, 1.165) is 43.7 Å². The Balaban J connectivity index is 1.59. The third-order valence-corrected chi connectivity index (χ3v) is 4.51. The summed E-state index contributed by atoms with van der Waals surface area (Å²) in [7, 11) is 0. The van der Waals surface area contributed by atoms with Gasteiger partial charge in [-0.15, -0.1) is 0 Å². The number of nitrogens with zero attached hydrogens (tertiary/aromatic N) is 4. The van der Waals surface area contributed by atoms with Crippen LogP contribution in [-0.2, 0) is 12.0 Å². The molecule has 0 aromatic carbocycles. The minimum Gasteiger partial charge on any atom is -0.476 e.